The first-order chi connectivity index (χ1) is 19.0. The van der Waals surface area contributed by atoms with Gasteiger partial charge in [-0.15, -0.1) is 11.3 Å². The number of pyridine rings is 1. The van der Waals surface area contributed by atoms with Crippen molar-refractivity contribution in [1.29, 1.82) is 0 Å². The summed E-state index contributed by atoms with van der Waals surface area (Å²) in [6, 6.07) is 1.30. The van der Waals surface area contributed by atoms with Gasteiger partial charge in [-0.05, 0) is 70.8 Å². The lowest BCUT2D eigenvalue weighted by molar-refractivity contribution is 0.0725. The summed E-state index contributed by atoms with van der Waals surface area (Å²) >= 11 is 0.927. The molecule has 0 atom stereocenters. The van der Waals surface area contributed by atoms with E-state index in [9.17, 15) is 27.5 Å². The quantitative estimate of drug-likeness (QED) is 0.314. The molecule has 5 heterocycles. The van der Waals surface area contributed by atoms with Crippen molar-refractivity contribution in [2.45, 2.75) is 94.8 Å². The van der Waals surface area contributed by atoms with Crippen molar-refractivity contribution in [3.63, 3.8) is 0 Å². The monoisotopic (exact) mass is 595 g/mol. The molecule has 4 aliphatic rings. The standard InChI is InChI=1S/C27H35F2N5O4S2/c1-27(9-2-10-27)33-20-13-18(23(28)29)19(14-30-20)22-21(26(36)34-16-3-4-17(34)6-5-16)32-25(39-22)24(35)31-15-7-11-40(37,38)12-8-15/h13-17,23,37-38H,2-12H2,1H3,(H,30,33)(H,31,35). The van der Waals surface area contributed by atoms with Crippen LogP contribution in [-0.2, 0) is 0 Å². The predicted octanol–water partition coefficient (Wildman–Crippen LogP) is 5.91. The average Bonchev–Trinajstić information content (AvgIpc) is 3.63. The Morgan fingerprint density at radius 2 is 1.77 bits per heavy atom. The van der Waals surface area contributed by atoms with E-state index in [1.54, 1.807) is 0 Å². The van der Waals surface area contributed by atoms with Gasteiger partial charge in [0.15, 0.2) is 5.01 Å². The van der Waals surface area contributed by atoms with Crippen LogP contribution in [0.3, 0.4) is 0 Å². The minimum Gasteiger partial charge on any atom is -0.365 e. The van der Waals surface area contributed by atoms with E-state index in [1.807, 2.05) is 11.8 Å². The number of halogens is 2. The molecule has 0 aromatic carbocycles. The molecule has 3 aliphatic heterocycles. The molecule has 0 spiro atoms. The number of carbonyl (C=O) groups is 2. The first kappa shape index (κ1) is 27.8. The maximum Gasteiger partial charge on any atom is 0.280 e. The summed E-state index contributed by atoms with van der Waals surface area (Å²) in [4.78, 5) is 38.0. The molecule has 3 saturated heterocycles. The van der Waals surface area contributed by atoms with E-state index in [0.29, 0.717) is 18.7 Å². The number of thiazole rings is 1. The van der Waals surface area contributed by atoms with Crippen LogP contribution in [0.25, 0.3) is 10.4 Å². The molecule has 2 amide bonds. The van der Waals surface area contributed by atoms with Gasteiger partial charge in [0.05, 0.1) is 4.88 Å². The second-order valence-corrected chi connectivity index (χ2v) is 15.2. The van der Waals surface area contributed by atoms with Crippen molar-refractivity contribution in [3.8, 4) is 10.4 Å². The molecular formula is C27H35F2N5O4S2. The van der Waals surface area contributed by atoms with E-state index in [-0.39, 0.29) is 67.8 Å². The second-order valence-electron chi connectivity index (χ2n) is 11.8. The third kappa shape index (κ3) is 5.33. The number of hydrogen-bond donors (Lipinski definition) is 4. The Hall–Kier alpha value is -2.35. The van der Waals surface area contributed by atoms with E-state index >= 15 is 0 Å². The maximum atomic E-state index is 14.4. The van der Waals surface area contributed by atoms with Crippen molar-refractivity contribution in [2.75, 3.05) is 16.8 Å². The minimum absolute atomic E-state index is 0.0159. The number of alkyl halides is 2. The molecule has 2 bridgehead atoms. The molecule has 0 radical (unpaired) electrons. The van der Waals surface area contributed by atoms with Crippen LogP contribution in [0.2, 0.25) is 0 Å². The van der Waals surface area contributed by atoms with Crippen LogP contribution in [0.15, 0.2) is 12.3 Å². The number of nitrogens with zero attached hydrogens (tertiary/aromatic N) is 3. The summed E-state index contributed by atoms with van der Waals surface area (Å²) in [5.41, 5.74) is -0.307. The molecule has 40 heavy (non-hydrogen) atoms. The summed E-state index contributed by atoms with van der Waals surface area (Å²) in [6.07, 6.45) is 5.96. The first-order valence-electron chi connectivity index (χ1n) is 14.0. The highest BCUT2D eigenvalue weighted by molar-refractivity contribution is 8.24. The van der Waals surface area contributed by atoms with Crippen LogP contribution < -0.4 is 10.6 Å². The molecule has 2 aromatic rings. The van der Waals surface area contributed by atoms with Gasteiger partial charge in [0.1, 0.15) is 11.5 Å². The van der Waals surface area contributed by atoms with E-state index in [2.05, 4.69) is 20.6 Å². The Balaban J connectivity index is 1.34. The summed E-state index contributed by atoms with van der Waals surface area (Å²) in [6.45, 7) is 2.04. The number of rotatable bonds is 7. The number of amides is 2. The molecule has 218 valence electrons. The van der Waals surface area contributed by atoms with Gasteiger partial charge >= 0.3 is 0 Å². The molecule has 0 unspecified atom stereocenters. The Morgan fingerprint density at radius 1 is 1.12 bits per heavy atom. The number of carbonyl (C=O) groups excluding carboxylic acids is 2. The van der Waals surface area contributed by atoms with Crippen LogP contribution in [0.4, 0.5) is 14.6 Å². The van der Waals surface area contributed by atoms with Gasteiger partial charge < -0.3 is 15.5 Å². The molecule has 1 saturated carbocycles. The molecule has 13 heteroatoms. The molecule has 4 N–H and O–H groups in total. The first-order valence-corrected chi connectivity index (χ1v) is 16.7. The highest BCUT2D eigenvalue weighted by Crippen LogP contribution is 2.45. The third-order valence-electron chi connectivity index (χ3n) is 8.94. The van der Waals surface area contributed by atoms with Gasteiger partial charge in [0.25, 0.3) is 18.2 Å². The highest BCUT2D eigenvalue weighted by Gasteiger charge is 2.44. The molecule has 4 fully saturated rings. The zero-order chi connectivity index (χ0) is 28.2. The van der Waals surface area contributed by atoms with E-state index < -0.39 is 22.9 Å². The summed E-state index contributed by atoms with van der Waals surface area (Å²) in [5.74, 6) is -0.0406. The van der Waals surface area contributed by atoms with Gasteiger partial charge in [-0.1, -0.05) is 0 Å². The van der Waals surface area contributed by atoms with Crippen LogP contribution in [0.5, 0.6) is 0 Å². The van der Waals surface area contributed by atoms with Gasteiger partial charge in [-0.2, -0.15) is 10.6 Å². The number of anilines is 1. The third-order valence-corrected chi connectivity index (χ3v) is 11.8. The van der Waals surface area contributed by atoms with Gasteiger partial charge in [-0.25, -0.2) is 18.7 Å². The van der Waals surface area contributed by atoms with Gasteiger partial charge in [0, 0.05) is 52.5 Å². The number of nitrogens with one attached hydrogen (secondary N) is 2. The summed E-state index contributed by atoms with van der Waals surface area (Å²) < 4.78 is 48.7. The fraction of sp³-hybridized carbons (Fsp3) is 0.630. The van der Waals surface area contributed by atoms with Crippen LogP contribution in [0, 0.1) is 0 Å². The van der Waals surface area contributed by atoms with Crippen molar-refractivity contribution < 1.29 is 27.5 Å². The number of hydrogen-bond acceptors (Lipinski definition) is 8. The van der Waals surface area contributed by atoms with Crippen molar-refractivity contribution in [2.24, 2.45) is 0 Å². The molecule has 1 aliphatic carbocycles. The predicted molar refractivity (Wildman–Crippen MR) is 151 cm³/mol. The summed E-state index contributed by atoms with van der Waals surface area (Å²) in [7, 11) is -2.60. The van der Waals surface area contributed by atoms with Crippen molar-refractivity contribution >= 4 is 39.6 Å². The zero-order valence-electron chi connectivity index (χ0n) is 22.4. The lowest BCUT2D eigenvalue weighted by atomic mass is 9.78. The van der Waals surface area contributed by atoms with Crippen molar-refractivity contribution in [1.82, 2.24) is 20.2 Å². The number of aromatic nitrogens is 2. The lowest BCUT2D eigenvalue weighted by Gasteiger charge is -2.39. The smallest absolute Gasteiger partial charge is 0.280 e. The maximum absolute atomic E-state index is 14.4. The Bertz CT molecular complexity index is 1290. The summed E-state index contributed by atoms with van der Waals surface area (Å²) in [5, 5.41) is 6.19. The van der Waals surface area contributed by atoms with Crippen LogP contribution in [-0.4, -0.2) is 71.0 Å². The molecular weight excluding hydrogens is 560 g/mol. The highest BCUT2D eigenvalue weighted by atomic mass is 32.3. The van der Waals surface area contributed by atoms with Gasteiger partial charge in [-0.3, -0.25) is 18.7 Å². The van der Waals surface area contributed by atoms with Gasteiger partial charge in [0.2, 0.25) is 0 Å². The number of fused-ring (bicyclic) bond motifs is 2. The minimum atomic E-state index is -2.82. The van der Waals surface area contributed by atoms with E-state index in [4.69, 9.17) is 0 Å². The average molecular weight is 596 g/mol. The second kappa shape index (κ2) is 10.5. The molecule has 2 aromatic heterocycles. The van der Waals surface area contributed by atoms with E-state index in [1.165, 1.54) is 12.3 Å². The molecule has 6 rings (SSSR count). The van der Waals surface area contributed by atoms with Crippen molar-refractivity contribution in [3.05, 3.63) is 28.5 Å². The Kier molecular flexibility index (Phi) is 7.29. The topological polar surface area (TPSA) is 128 Å². The normalized spacial score (nSPS) is 26.0. The fourth-order valence-corrected chi connectivity index (χ4v) is 8.98. The zero-order valence-corrected chi connectivity index (χ0v) is 24.0. The van der Waals surface area contributed by atoms with Crippen LogP contribution in [0.1, 0.15) is 97.0 Å². The molecule has 9 nitrogen and oxygen atoms in total. The lowest BCUT2D eigenvalue weighted by Crippen LogP contribution is -2.41. The van der Waals surface area contributed by atoms with E-state index in [0.717, 1.165) is 56.3 Å². The van der Waals surface area contributed by atoms with Crippen LogP contribution >= 0.6 is 21.9 Å². The largest absolute Gasteiger partial charge is 0.365 e. The Labute approximate surface area is 237 Å². The Morgan fingerprint density at radius 3 is 2.35 bits per heavy atom. The SMILES string of the molecule is CC1(Nc2cc(C(F)F)c(-c3sc(C(=O)NC4CCS(O)(O)CC4)nc3C(=O)N3C4CCC3CC4)cn2)CCC1. The fourth-order valence-electron chi connectivity index (χ4n) is 6.46.